The number of amides is 1. The van der Waals surface area contributed by atoms with Gasteiger partial charge in [0.05, 0.1) is 18.3 Å². The average molecular weight is 531 g/mol. The van der Waals surface area contributed by atoms with E-state index in [4.69, 9.17) is 14.6 Å². The van der Waals surface area contributed by atoms with Crippen molar-refractivity contribution in [2.75, 3.05) is 6.61 Å². The highest BCUT2D eigenvalue weighted by molar-refractivity contribution is 7.09. The van der Waals surface area contributed by atoms with Gasteiger partial charge in [0.25, 0.3) is 5.91 Å². The SMILES string of the molecule is Cc1csc([C@@H](CO)NC(=O)c2cc(-c3ncco3)cc(-c3nnc(C(C)(N)Cc4ccccc4)o3)c2)n1. The summed E-state index contributed by atoms with van der Waals surface area (Å²) in [6, 6.07) is 14.2. The number of carbonyl (C=O) groups excluding carboxylic acids is 1. The van der Waals surface area contributed by atoms with Gasteiger partial charge in [-0.2, -0.15) is 0 Å². The molecule has 38 heavy (non-hydrogen) atoms. The lowest BCUT2D eigenvalue weighted by atomic mass is 9.94. The van der Waals surface area contributed by atoms with E-state index in [1.807, 2.05) is 49.6 Å². The van der Waals surface area contributed by atoms with Gasteiger partial charge in [0.2, 0.25) is 17.7 Å². The number of aromatic nitrogens is 4. The van der Waals surface area contributed by atoms with Crippen LogP contribution in [0.4, 0.5) is 0 Å². The van der Waals surface area contributed by atoms with Crippen LogP contribution in [0.1, 0.15) is 45.5 Å². The van der Waals surface area contributed by atoms with Crippen LogP contribution in [0, 0.1) is 6.92 Å². The number of nitrogens with zero attached hydrogens (tertiary/aromatic N) is 4. The van der Waals surface area contributed by atoms with Crippen LogP contribution < -0.4 is 11.1 Å². The van der Waals surface area contributed by atoms with E-state index >= 15 is 0 Å². The Morgan fingerprint density at radius 2 is 1.92 bits per heavy atom. The molecular weight excluding hydrogens is 504 g/mol. The number of carbonyl (C=O) groups is 1. The summed E-state index contributed by atoms with van der Waals surface area (Å²) in [4.78, 5) is 21.9. The number of aliphatic hydroxyl groups excluding tert-OH is 1. The van der Waals surface area contributed by atoms with Crippen LogP contribution >= 0.6 is 11.3 Å². The van der Waals surface area contributed by atoms with E-state index in [9.17, 15) is 9.90 Å². The highest BCUT2D eigenvalue weighted by Gasteiger charge is 2.29. The minimum atomic E-state index is -0.910. The van der Waals surface area contributed by atoms with E-state index in [1.54, 1.807) is 18.2 Å². The molecule has 1 amide bonds. The number of aliphatic hydroxyl groups is 1. The zero-order chi connectivity index (χ0) is 26.7. The van der Waals surface area contributed by atoms with Crippen LogP contribution in [0.25, 0.3) is 22.9 Å². The van der Waals surface area contributed by atoms with Crippen LogP contribution in [-0.2, 0) is 12.0 Å². The lowest BCUT2D eigenvalue weighted by Crippen LogP contribution is -2.35. The summed E-state index contributed by atoms with van der Waals surface area (Å²) >= 11 is 1.37. The van der Waals surface area contributed by atoms with E-state index in [-0.39, 0.29) is 18.4 Å². The third kappa shape index (κ3) is 5.54. The Hall–Kier alpha value is -4.19. The first-order valence-electron chi connectivity index (χ1n) is 11.9. The van der Waals surface area contributed by atoms with E-state index < -0.39 is 17.5 Å². The molecule has 5 aromatic rings. The summed E-state index contributed by atoms with van der Waals surface area (Å²) in [6.07, 6.45) is 3.46. The fourth-order valence-corrected chi connectivity index (χ4v) is 4.84. The Morgan fingerprint density at radius 1 is 1.16 bits per heavy atom. The maximum Gasteiger partial charge on any atom is 0.251 e. The van der Waals surface area contributed by atoms with Gasteiger partial charge in [-0.15, -0.1) is 21.5 Å². The molecule has 3 aromatic heterocycles. The number of nitrogens with two attached hydrogens (primary N) is 1. The number of aryl methyl sites for hydroxylation is 1. The largest absolute Gasteiger partial charge is 0.445 e. The van der Waals surface area contributed by atoms with Crippen molar-refractivity contribution in [2.45, 2.75) is 31.8 Å². The van der Waals surface area contributed by atoms with Crippen LogP contribution in [0.5, 0.6) is 0 Å². The fraction of sp³-hybridized carbons (Fsp3) is 0.222. The summed E-state index contributed by atoms with van der Waals surface area (Å²) in [5.74, 6) is 0.367. The fourth-order valence-electron chi connectivity index (χ4n) is 4.00. The first-order valence-corrected chi connectivity index (χ1v) is 12.8. The lowest BCUT2D eigenvalue weighted by Gasteiger charge is -2.20. The average Bonchev–Trinajstić information content (AvgIpc) is 3.70. The Balaban J connectivity index is 1.46. The van der Waals surface area contributed by atoms with Crippen molar-refractivity contribution < 1.29 is 18.7 Å². The van der Waals surface area contributed by atoms with Crippen LogP contribution in [0.2, 0.25) is 0 Å². The van der Waals surface area contributed by atoms with Gasteiger partial charge in [0.15, 0.2) is 0 Å². The first kappa shape index (κ1) is 25.5. The van der Waals surface area contributed by atoms with E-state index in [2.05, 4.69) is 25.5 Å². The summed E-state index contributed by atoms with van der Waals surface area (Å²) in [5.41, 5.74) is 8.83. The van der Waals surface area contributed by atoms with Crippen molar-refractivity contribution in [3.63, 3.8) is 0 Å². The second-order valence-electron chi connectivity index (χ2n) is 9.16. The summed E-state index contributed by atoms with van der Waals surface area (Å²) in [7, 11) is 0. The number of hydrogen-bond donors (Lipinski definition) is 3. The van der Waals surface area contributed by atoms with Gasteiger partial charge in [-0.1, -0.05) is 30.3 Å². The Kier molecular flexibility index (Phi) is 7.14. The highest BCUT2D eigenvalue weighted by atomic mass is 32.1. The third-order valence-corrected chi connectivity index (χ3v) is 6.95. The second-order valence-corrected chi connectivity index (χ2v) is 10.1. The number of rotatable bonds is 9. The summed E-state index contributed by atoms with van der Waals surface area (Å²) in [6.45, 7) is 3.39. The molecule has 3 heterocycles. The molecular formula is C27H26N6O4S. The molecule has 0 saturated carbocycles. The molecule has 11 heteroatoms. The Labute approximate surface area is 222 Å². The van der Waals surface area contributed by atoms with Crippen LogP contribution in [-0.4, -0.2) is 37.8 Å². The van der Waals surface area contributed by atoms with Gasteiger partial charge in [0.1, 0.15) is 17.3 Å². The van der Waals surface area contributed by atoms with E-state index in [1.165, 1.54) is 23.8 Å². The standard InChI is InChI=1S/C27H26N6O4S/c1-16-15-38-25(30-16)21(14-34)31-22(35)18-10-19(23-29-8-9-36-23)12-20(11-18)24-32-33-26(37-24)27(2,28)13-17-6-4-3-5-7-17/h3-12,15,21,34H,13-14,28H2,1-2H3,(H,31,35)/t21-,27?/m1/s1. The Bertz CT molecular complexity index is 1530. The second kappa shape index (κ2) is 10.7. The molecule has 0 aliphatic carbocycles. The van der Waals surface area contributed by atoms with Crippen molar-refractivity contribution in [1.29, 1.82) is 0 Å². The first-order chi connectivity index (χ1) is 18.3. The molecule has 1 unspecified atom stereocenters. The quantitative estimate of drug-likeness (QED) is 0.256. The molecule has 0 fully saturated rings. The van der Waals surface area contributed by atoms with Crippen molar-refractivity contribution >= 4 is 17.2 Å². The monoisotopic (exact) mass is 530 g/mol. The van der Waals surface area contributed by atoms with Crippen LogP contribution in [0.3, 0.4) is 0 Å². The number of hydrogen-bond acceptors (Lipinski definition) is 10. The Morgan fingerprint density at radius 3 is 2.58 bits per heavy atom. The molecule has 194 valence electrons. The van der Waals surface area contributed by atoms with Crippen LogP contribution in [0.15, 0.2) is 75.2 Å². The molecule has 10 nitrogen and oxygen atoms in total. The van der Waals surface area contributed by atoms with Crippen molar-refractivity contribution in [3.8, 4) is 22.9 Å². The van der Waals surface area contributed by atoms with Gasteiger partial charge in [-0.05, 0) is 44.0 Å². The predicted molar refractivity (Wildman–Crippen MR) is 141 cm³/mol. The smallest absolute Gasteiger partial charge is 0.251 e. The van der Waals surface area contributed by atoms with Gasteiger partial charge in [-0.25, -0.2) is 9.97 Å². The molecule has 0 bridgehead atoms. The number of thiazole rings is 1. The highest BCUT2D eigenvalue weighted by Crippen LogP contribution is 2.30. The summed E-state index contributed by atoms with van der Waals surface area (Å²) < 4.78 is 11.5. The molecule has 0 spiro atoms. The number of benzene rings is 2. The summed E-state index contributed by atoms with van der Waals surface area (Å²) in [5, 5.41) is 23.6. The third-order valence-electron chi connectivity index (χ3n) is 5.87. The van der Waals surface area contributed by atoms with E-state index in [0.29, 0.717) is 34.0 Å². The molecule has 4 N–H and O–H groups in total. The van der Waals surface area contributed by atoms with Crippen molar-refractivity contribution in [3.05, 3.63) is 94.1 Å². The van der Waals surface area contributed by atoms with Gasteiger partial charge >= 0.3 is 0 Å². The zero-order valence-corrected chi connectivity index (χ0v) is 21.6. The molecule has 0 radical (unpaired) electrons. The van der Waals surface area contributed by atoms with Gasteiger partial charge < -0.3 is 25.0 Å². The predicted octanol–water partition coefficient (Wildman–Crippen LogP) is 4.04. The minimum Gasteiger partial charge on any atom is -0.445 e. The molecule has 0 aliphatic rings. The van der Waals surface area contributed by atoms with Gasteiger partial charge in [0, 0.05) is 27.8 Å². The van der Waals surface area contributed by atoms with Crippen molar-refractivity contribution in [2.24, 2.45) is 5.73 Å². The minimum absolute atomic E-state index is 0.196. The molecule has 5 rings (SSSR count). The number of oxazole rings is 1. The van der Waals surface area contributed by atoms with Crippen molar-refractivity contribution in [1.82, 2.24) is 25.5 Å². The molecule has 0 saturated heterocycles. The lowest BCUT2D eigenvalue weighted by molar-refractivity contribution is 0.0916. The van der Waals surface area contributed by atoms with E-state index in [0.717, 1.165) is 11.3 Å². The van der Waals surface area contributed by atoms with Gasteiger partial charge in [-0.3, -0.25) is 4.79 Å². The maximum absolute atomic E-state index is 13.3. The molecule has 2 atom stereocenters. The topological polar surface area (TPSA) is 153 Å². The normalized spacial score (nSPS) is 13.7. The molecule has 2 aromatic carbocycles. The number of nitrogens with one attached hydrogen (secondary N) is 1. The zero-order valence-electron chi connectivity index (χ0n) is 20.8. The maximum atomic E-state index is 13.3. The molecule has 0 aliphatic heterocycles.